The number of carbonyl (C=O) groups is 1. The molecule has 1 heterocycles. The van der Waals surface area contributed by atoms with Gasteiger partial charge in [0.15, 0.2) is 0 Å². The van der Waals surface area contributed by atoms with E-state index in [4.69, 9.17) is 0 Å². The number of rotatable bonds is 7. The maximum Gasteiger partial charge on any atom is 0.223 e. The summed E-state index contributed by atoms with van der Waals surface area (Å²) in [4.78, 5) is 16.5. The minimum Gasteiger partial charge on any atom is -0.387 e. The summed E-state index contributed by atoms with van der Waals surface area (Å²) in [6, 6.07) is 8.04. The Kier molecular flexibility index (Phi) is 7.21. The Labute approximate surface area is 145 Å². The van der Waals surface area contributed by atoms with Crippen LogP contribution in [0.25, 0.3) is 0 Å². The molecular weight excluding hydrogens is 302 g/mol. The quantitative estimate of drug-likeness (QED) is 0.792. The maximum absolute atomic E-state index is 12.2. The first-order valence-electron chi connectivity index (χ1n) is 8.85. The van der Waals surface area contributed by atoms with E-state index in [2.05, 4.69) is 15.1 Å². The zero-order valence-electron chi connectivity index (χ0n) is 15.2. The van der Waals surface area contributed by atoms with E-state index in [1.807, 2.05) is 45.3 Å². The Balaban J connectivity index is 1.72. The maximum atomic E-state index is 12.2. The van der Waals surface area contributed by atoms with Crippen LogP contribution in [0.1, 0.15) is 30.1 Å². The van der Waals surface area contributed by atoms with Crippen molar-refractivity contribution in [1.82, 2.24) is 15.1 Å². The lowest BCUT2D eigenvalue weighted by Gasteiger charge is -2.32. The second kappa shape index (κ2) is 9.16. The molecule has 2 N–H and O–H groups in total. The first kappa shape index (κ1) is 18.9. The number of benzene rings is 1. The van der Waals surface area contributed by atoms with Gasteiger partial charge in [-0.05, 0) is 52.5 Å². The number of β-amino-alcohol motifs (C(OH)–C–C–N with tert-alkyl or cyclic N) is 1. The van der Waals surface area contributed by atoms with Crippen LogP contribution in [0.4, 0.5) is 0 Å². The van der Waals surface area contributed by atoms with Crippen LogP contribution < -0.4 is 5.32 Å². The Morgan fingerprint density at radius 3 is 2.50 bits per heavy atom. The summed E-state index contributed by atoms with van der Waals surface area (Å²) in [5.41, 5.74) is 2.16. The molecule has 5 nitrogen and oxygen atoms in total. The second-order valence-corrected chi connectivity index (χ2v) is 7.10. The van der Waals surface area contributed by atoms with E-state index >= 15 is 0 Å². The number of carbonyl (C=O) groups excluding carboxylic acids is 1. The highest BCUT2D eigenvalue weighted by atomic mass is 16.3. The standard InChI is InChI=1S/C19H31N3O2/c1-15-4-6-16(7-5-15)18(23)14-22-11-8-17(9-12-22)19(24)20-10-13-21(2)3/h4-7,17-18,23H,8-14H2,1-3H3,(H,20,24). The third-order valence-electron chi connectivity index (χ3n) is 4.71. The number of likely N-dealkylation sites (N-methyl/N-ethyl adjacent to an activating group) is 1. The zero-order chi connectivity index (χ0) is 17.5. The van der Waals surface area contributed by atoms with Crippen molar-refractivity contribution in [3.63, 3.8) is 0 Å². The van der Waals surface area contributed by atoms with Gasteiger partial charge in [-0.2, -0.15) is 0 Å². The zero-order valence-corrected chi connectivity index (χ0v) is 15.2. The summed E-state index contributed by atoms with van der Waals surface area (Å²) in [6.07, 6.45) is 1.28. The van der Waals surface area contributed by atoms with E-state index in [9.17, 15) is 9.90 Å². The van der Waals surface area contributed by atoms with Crippen LogP contribution in [-0.2, 0) is 4.79 Å². The van der Waals surface area contributed by atoms with E-state index in [-0.39, 0.29) is 11.8 Å². The number of nitrogens with zero attached hydrogens (tertiary/aromatic N) is 2. The topological polar surface area (TPSA) is 55.8 Å². The van der Waals surface area contributed by atoms with Gasteiger partial charge >= 0.3 is 0 Å². The van der Waals surface area contributed by atoms with Gasteiger partial charge in [-0.1, -0.05) is 29.8 Å². The number of hydrogen-bond acceptors (Lipinski definition) is 4. The number of hydrogen-bond donors (Lipinski definition) is 2. The van der Waals surface area contributed by atoms with Gasteiger partial charge in [0.2, 0.25) is 5.91 Å². The van der Waals surface area contributed by atoms with Crippen LogP contribution in [0.5, 0.6) is 0 Å². The fraction of sp³-hybridized carbons (Fsp3) is 0.632. The van der Waals surface area contributed by atoms with Gasteiger partial charge in [-0.25, -0.2) is 0 Å². The fourth-order valence-electron chi connectivity index (χ4n) is 3.06. The summed E-state index contributed by atoms with van der Waals surface area (Å²) in [5, 5.41) is 13.4. The molecule has 1 atom stereocenters. The van der Waals surface area contributed by atoms with Crippen molar-refractivity contribution in [1.29, 1.82) is 0 Å². The van der Waals surface area contributed by atoms with Crippen LogP contribution in [0.3, 0.4) is 0 Å². The molecule has 1 aromatic rings. The summed E-state index contributed by atoms with van der Waals surface area (Å²) >= 11 is 0. The molecule has 1 fully saturated rings. The van der Waals surface area contributed by atoms with Gasteiger partial charge in [0.05, 0.1) is 6.10 Å². The summed E-state index contributed by atoms with van der Waals surface area (Å²) in [7, 11) is 4.01. The molecule has 1 amide bonds. The van der Waals surface area contributed by atoms with Crippen LogP contribution in [0.15, 0.2) is 24.3 Å². The largest absolute Gasteiger partial charge is 0.387 e. The van der Waals surface area contributed by atoms with E-state index in [1.54, 1.807) is 0 Å². The molecule has 0 saturated carbocycles. The summed E-state index contributed by atoms with van der Waals surface area (Å²) in [6.45, 7) is 6.00. The number of piperidine rings is 1. The van der Waals surface area contributed by atoms with Crippen LogP contribution in [0.2, 0.25) is 0 Å². The Morgan fingerprint density at radius 2 is 1.92 bits per heavy atom. The number of aryl methyl sites for hydroxylation is 1. The van der Waals surface area contributed by atoms with Gasteiger partial charge < -0.3 is 20.2 Å². The van der Waals surface area contributed by atoms with E-state index in [1.165, 1.54) is 5.56 Å². The SMILES string of the molecule is Cc1ccc(C(O)CN2CCC(C(=O)NCCN(C)C)CC2)cc1. The first-order chi connectivity index (χ1) is 11.5. The molecule has 1 aliphatic rings. The molecule has 5 heteroatoms. The normalized spacial score (nSPS) is 17.9. The molecule has 2 rings (SSSR count). The van der Waals surface area contributed by atoms with Gasteiger partial charge in [-0.3, -0.25) is 4.79 Å². The molecule has 1 saturated heterocycles. The highest BCUT2D eigenvalue weighted by molar-refractivity contribution is 5.78. The molecular formula is C19H31N3O2. The van der Waals surface area contributed by atoms with Crippen molar-refractivity contribution in [2.75, 3.05) is 46.8 Å². The molecule has 1 unspecified atom stereocenters. The molecule has 0 spiro atoms. The summed E-state index contributed by atoms with van der Waals surface area (Å²) in [5.74, 6) is 0.288. The van der Waals surface area contributed by atoms with Crippen molar-refractivity contribution in [2.24, 2.45) is 5.92 Å². The Hall–Kier alpha value is -1.43. The molecule has 1 aliphatic heterocycles. The Morgan fingerprint density at radius 1 is 1.29 bits per heavy atom. The van der Waals surface area contributed by atoms with Crippen molar-refractivity contribution < 1.29 is 9.90 Å². The average Bonchev–Trinajstić information content (AvgIpc) is 2.55. The lowest BCUT2D eigenvalue weighted by Crippen LogP contribution is -2.43. The van der Waals surface area contributed by atoms with Gasteiger partial charge in [0, 0.05) is 25.6 Å². The van der Waals surface area contributed by atoms with Crippen LogP contribution in [-0.4, -0.2) is 67.6 Å². The number of amides is 1. The molecule has 0 bridgehead atoms. The lowest BCUT2D eigenvalue weighted by molar-refractivity contribution is -0.126. The van der Waals surface area contributed by atoms with Gasteiger partial charge in [0.25, 0.3) is 0 Å². The van der Waals surface area contributed by atoms with E-state index in [0.717, 1.165) is 38.0 Å². The molecule has 0 radical (unpaired) electrons. The third kappa shape index (κ3) is 5.89. The number of aliphatic hydroxyl groups excluding tert-OH is 1. The number of likely N-dealkylation sites (tertiary alicyclic amines) is 1. The van der Waals surface area contributed by atoms with Gasteiger partial charge in [0.1, 0.15) is 0 Å². The van der Waals surface area contributed by atoms with Gasteiger partial charge in [-0.15, -0.1) is 0 Å². The number of nitrogens with one attached hydrogen (secondary N) is 1. The molecule has 1 aromatic carbocycles. The monoisotopic (exact) mass is 333 g/mol. The van der Waals surface area contributed by atoms with Crippen molar-refractivity contribution in [3.8, 4) is 0 Å². The van der Waals surface area contributed by atoms with Crippen LogP contribution >= 0.6 is 0 Å². The minimum absolute atomic E-state index is 0.111. The smallest absolute Gasteiger partial charge is 0.223 e. The molecule has 134 valence electrons. The summed E-state index contributed by atoms with van der Waals surface area (Å²) < 4.78 is 0. The third-order valence-corrected chi connectivity index (χ3v) is 4.71. The van der Waals surface area contributed by atoms with Crippen LogP contribution in [0, 0.1) is 12.8 Å². The highest BCUT2D eigenvalue weighted by Gasteiger charge is 2.25. The van der Waals surface area contributed by atoms with Crippen molar-refractivity contribution in [2.45, 2.75) is 25.9 Å². The second-order valence-electron chi connectivity index (χ2n) is 7.10. The van der Waals surface area contributed by atoms with Crippen molar-refractivity contribution >= 4 is 5.91 Å². The Bertz CT molecular complexity index is 508. The fourth-order valence-corrected chi connectivity index (χ4v) is 3.06. The number of aliphatic hydroxyl groups is 1. The predicted molar refractivity (Wildman–Crippen MR) is 96.9 cm³/mol. The predicted octanol–water partition coefficient (Wildman–Crippen LogP) is 1.42. The highest BCUT2D eigenvalue weighted by Crippen LogP contribution is 2.21. The molecule has 0 aromatic heterocycles. The minimum atomic E-state index is -0.462. The van der Waals surface area contributed by atoms with E-state index in [0.29, 0.717) is 13.1 Å². The van der Waals surface area contributed by atoms with Crippen molar-refractivity contribution in [3.05, 3.63) is 35.4 Å². The van der Waals surface area contributed by atoms with E-state index < -0.39 is 6.10 Å². The first-order valence-corrected chi connectivity index (χ1v) is 8.85. The average molecular weight is 333 g/mol. The molecule has 0 aliphatic carbocycles. The molecule has 24 heavy (non-hydrogen) atoms. The lowest BCUT2D eigenvalue weighted by atomic mass is 9.95.